The summed E-state index contributed by atoms with van der Waals surface area (Å²) in [5.74, 6) is -2.55. The molecule has 0 saturated carbocycles. The molecule has 0 aliphatic rings. The number of halogens is 2. The average molecular weight is 252 g/mol. The molecular formula is C11H18F2O4. The van der Waals surface area contributed by atoms with Gasteiger partial charge in [-0.2, -0.15) is 0 Å². The molecule has 0 heterocycles. The van der Waals surface area contributed by atoms with Crippen LogP contribution in [0.25, 0.3) is 0 Å². The van der Waals surface area contributed by atoms with Crippen LogP contribution in [0.1, 0.15) is 34.6 Å². The van der Waals surface area contributed by atoms with E-state index in [1.807, 2.05) is 0 Å². The molecule has 6 heteroatoms. The Bertz CT molecular complexity index is 296. The Balaban J connectivity index is 5.08. The van der Waals surface area contributed by atoms with E-state index in [-0.39, 0.29) is 6.61 Å². The summed E-state index contributed by atoms with van der Waals surface area (Å²) in [6.07, 6.45) is -3.18. The van der Waals surface area contributed by atoms with Crippen molar-refractivity contribution in [2.45, 2.75) is 46.6 Å². The fourth-order valence-corrected chi connectivity index (χ4v) is 0.927. The number of hydrogen-bond donors (Lipinski definition) is 0. The second-order valence-electron chi connectivity index (χ2n) is 4.73. The predicted octanol–water partition coefficient (Wildman–Crippen LogP) is 2.16. The van der Waals surface area contributed by atoms with Gasteiger partial charge in [-0.15, -0.1) is 0 Å². The van der Waals surface area contributed by atoms with E-state index >= 15 is 0 Å². The van der Waals surface area contributed by atoms with Gasteiger partial charge in [-0.25, -0.2) is 8.78 Å². The van der Waals surface area contributed by atoms with Crippen LogP contribution in [0.3, 0.4) is 0 Å². The van der Waals surface area contributed by atoms with E-state index < -0.39 is 29.4 Å². The highest BCUT2D eigenvalue weighted by Gasteiger charge is 2.53. The Kier molecular flexibility index (Phi) is 5.04. The lowest BCUT2D eigenvalue weighted by molar-refractivity contribution is -0.189. The van der Waals surface area contributed by atoms with Crippen LogP contribution in [-0.2, 0) is 19.1 Å². The minimum Gasteiger partial charge on any atom is -0.465 e. The quantitative estimate of drug-likeness (QED) is 0.568. The fraction of sp³-hybridized carbons (Fsp3) is 0.818. The van der Waals surface area contributed by atoms with Gasteiger partial charge < -0.3 is 9.47 Å². The maximum Gasteiger partial charge on any atom is 0.329 e. The van der Waals surface area contributed by atoms with Crippen molar-refractivity contribution in [2.24, 2.45) is 5.41 Å². The summed E-state index contributed by atoms with van der Waals surface area (Å²) in [5, 5.41) is 0. The van der Waals surface area contributed by atoms with Crippen LogP contribution in [-0.4, -0.2) is 30.6 Å². The zero-order valence-electron chi connectivity index (χ0n) is 10.7. The smallest absolute Gasteiger partial charge is 0.329 e. The molecule has 0 N–H and O–H groups in total. The molecule has 1 atom stereocenters. The normalized spacial score (nSPS) is 15.3. The average Bonchev–Trinajstić information content (AvgIpc) is 2.13. The topological polar surface area (TPSA) is 52.6 Å². The van der Waals surface area contributed by atoms with Gasteiger partial charge in [0.25, 0.3) is 6.43 Å². The third-order valence-corrected chi connectivity index (χ3v) is 1.96. The molecule has 0 aromatic rings. The number of hydrogen-bond acceptors (Lipinski definition) is 4. The number of carbonyl (C=O) groups is 2. The van der Waals surface area contributed by atoms with Crippen LogP contribution >= 0.6 is 0 Å². The lowest BCUT2D eigenvalue weighted by Gasteiger charge is -2.28. The minimum atomic E-state index is -3.18. The number of carbonyl (C=O) groups excluding carboxylic acids is 2. The Morgan fingerprint density at radius 2 is 1.59 bits per heavy atom. The molecule has 0 spiro atoms. The minimum absolute atomic E-state index is 0.0794. The lowest BCUT2D eigenvalue weighted by atomic mass is 9.91. The SMILES string of the molecule is CCOC(=O)C(C)(C(=O)OC(C)(C)C)C(F)F. The maximum absolute atomic E-state index is 12.9. The first-order valence-electron chi connectivity index (χ1n) is 5.24. The van der Waals surface area contributed by atoms with E-state index in [9.17, 15) is 18.4 Å². The Morgan fingerprint density at radius 3 is 1.88 bits per heavy atom. The molecule has 0 rings (SSSR count). The first-order valence-corrected chi connectivity index (χ1v) is 5.24. The monoisotopic (exact) mass is 252 g/mol. The Labute approximate surface area is 99.3 Å². The van der Waals surface area contributed by atoms with Crippen LogP contribution in [0.15, 0.2) is 0 Å². The molecule has 1 unspecified atom stereocenters. The number of alkyl halides is 2. The van der Waals surface area contributed by atoms with Gasteiger partial charge in [-0.3, -0.25) is 9.59 Å². The predicted molar refractivity (Wildman–Crippen MR) is 56.6 cm³/mol. The molecule has 0 aliphatic carbocycles. The molecule has 0 aromatic carbocycles. The van der Waals surface area contributed by atoms with Crippen molar-refractivity contribution < 1.29 is 27.8 Å². The lowest BCUT2D eigenvalue weighted by Crippen LogP contribution is -2.47. The van der Waals surface area contributed by atoms with Crippen LogP contribution in [0.4, 0.5) is 8.78 Å². The number of esters is 2. The molecule has 4 nitrogen and oxygen atoms in total. The van der Waals surface area contributed by atoms with Gasteiger partial charge in [0.15, 0.2) is 0 Å². The summed E-state index contributed by atoms with van der Waals surface area (Å²) in [6, 6.07) is 0. The molecule has 0 amide bonds. The van der Waals surface area contributed by atoms with Gasteiger partial charge in [-0.1, -0.05) is 0 Å². The second kappa shape index (κ2) is 5.42. The standard InChI is InChI=1S/C11H18F2O4/c1-6-16-8(14)11(5,7(12)13)9(15)17-10(2,3)4/h7H,6H2,1-5H3. The first kappa shape index (κ1) is 15.8. The second-order valence-corrected chi connectivity index (χ2v) is 4.73. The van der Waals surface area contributed by atoms with Crippen LogP contribution < -0.4 is 0 Å². The maximum atomic E-state index is 12.9. The summed E-state index contributed by atoms with van der Waals surface area (Å²) >= 11 is 0. The number of rotatable bonds is 4. The molecule has 0 fully saturated rings. The van der Waals surface area contributed by atoms with E-state index in [0.29, 0.717) is 0 Å². The van der Waals surface area contributed by atoms with E-state index in [2.05, 4.69) is 4.74 Å². The van der Waals surface area contributed by atoms with Gasteiger partial charge in [0.2, 0.25) is 5.41 Å². The molecule has 0 aliphatic heterocycles. The van der Waals surface area contributed by atoms with Gasteiger partial charge in [0.05, 0.1) is 6.61 Å². The highest BCUT2D eigenvalue weighted by atomic mass is 19.3. The summed E-state index contributed by atoms with van der Waals surface area (Å²) in [7, 11) is 0. The molecule has 0 aromatic heterocycles. The largest absolute Gasteiger partial charge is 0.465 e. The zero-order valence-corrected chi connectivity index (χ0v) is 10.7. The van der Waals surface area contributed by atoms with Crippen molar-refractivity contribution >= 4 is 11.9 Å². The van der Waals surface area contributed by atoms with E-state index in [1.54, 1.807) is 0 Å². The summed E-state index contributed by atoms with van der Waals surface area (Å²) < 4.78 is 35.1. The van der Waals surface area contributed by atoms with Crippen molar-refractivity contribution in [3.05, 3.63) is 0 Å². The van der Waals surface area contributed by atoms with Crippen LogP contribution in [0, 0.1) is 5.41 Å². The van der Waals surface area contributed by atoms with Gasteiger partial charge in [-0.05, 0) is 34.6 Å². The molecule has 17 heavy (non-hydrogen) atoms. The van der Waals surface area contributed by atoms with Crippen LogP contribution in [0.5, 0.6) is 0 Å². The zero-order chi connectivity index (χ0) is 13.9. The van der Waals surface area contributed by atoms with Gasteiger partial charge in [0, 0.05) is 0 Å². The fourth-order valence-electron chi connectivity index (χ4n) is 0.927. The van der Waals surface area contributed by atoms with Crippen molar-refractivity contribution in [2.75, 3.05) is 6.61 Å². The molecule has 0 saturated heterocycles. The van der Waals surface area contributed by atoms with Crippen molar-refractivity contribution in [1.82, 2.24) is 0 Å². The highest BCUT2D eigenvalue weighted by molar-refractivity contribution is 6.00. The van der Waals surface area contributed by atoms with Crippen molar-refractivity contribution in [3.8, 4) is 0 Å². The molecule has 0 radical (unpaired) electrons. The highest BCUT2D eigenvalue weighted by Crippen LogP contribution is 2.31. The molecule has 100 valence electrons. The van der Waals surface area contributed by atoms with Gasteiger partial charge >= 0.3 is 11.9 Å². The van der Waals surface area contributed by atoms with Crippen LogP contribution in [0.2, 0.25) is 0 Å². The third kappa shape index (κ3) is 3.94. The van der Waals surface area contributed by atoms with E-state index in [1.165, 1.54) is 27.7 Å². The number of ether oxygens (including phenoxy) is 2. The van der Waals surface area contributed by atoms with E-state index in [4.69, 9.17) is 4.74 Å². The van der Waals surface area contributed by atoms with Gasteiger partial charge in [0.1, 0.15) is 5.60 Å². The van der Waals surface area contributed by atoms with E-state index in [0.717, 1.165) is 6.92 Å². The molecule has 0 bridgehead atoms. The molecular weight excluding hydrogens is 234 g/mol. The third-order valence-electron chi connectivity index (χ3n) is 1.96. The van der Waals surface area contributed by atoms with Crippen molar-refractivity contribution in [3.63, 3.8) is 0 Å². The van der Waals surface area contributed by atoms with Crippen molar-refractivity contribution in [1.29, 1.82) is 0 Å². The Hall–Kier alpha value is -1.20. The Morgan fingerprint density at radius 1 is 1.12 bits per heavy atom. The summed E-state index contributed by atoms with van der Waals surface area (Å²) in [5.41, 5.74) is -3.52. The first-order chi connectivity index (χ1) is 7.55. The summed E-state index contributed by atoms with van der Waals surface area (Å²) in [4.78, 5) is 23.1. The summed E-state index contributed by atoms with van der Waals surface area (Å²) in [6.45, 7) is 6.80.